The molecule has 1 saturated carbocycles. The maximum atomic E-state index is 12.5. The van der Waals surface area contributed by atoms with Crippen molar-refractivity contribution in [2.45, 2.75) is 32.1 Å². The van der Waals surface area contributed by atoms with Gasteiger partial charge < -0.3 is 10.1 Å². The van der Waals surface area contributed by atoms with Gasteiger partial charge in [-0.15, -0.1) is 5.10 Å². The number of nitrogens with zero attached hydrogens (tertiary/aromatic N) is 3. The number of para-hydroxylation sites is 1. The van der Waals surface area contributed by atoms with Crippen molar-refractivity contribution in [1.29, 1.82) is 0 Å². The monoisotopic (exact) mass is 418 g/mol. The number of rotatable bonds is 7. The molecule has 3 aromatic rings. The Morgan fingerprint density at radius 1 is 0.968 bits per heavy atom. The van der Waals surface area contributed by atoms with E-state index in [-0.39, 0.29) is 18.3 Å². The SMILES string of the molecule is O=C(COC(=O)c1nc(-c2ccccc2)n(-c2ccccc2)n1)NCC1CCCCC1. The molecule has 0 radical (unpaired) electrons. The second kappa shape index (κ2) is 10.0. The minimum absolute atomic E-state index is 0.0808. The Morgan fingerprint density at radius 3 is 2.35 bits per heavy atom. The lowest BCUT2D eigenvalue weighted by Crippen LogP contribution is -2.33. The van der Waals surface area contributed by atoms with Crippen molar-refractivity contribution < 1.29 is 14.3 Å². The molecule has 160 valence electrons. The minimum Gasteiger partial charge on any atom is -0.450 e. The van der Waals surface area contributed by atoms with Crippen molar-refractivity contribution in [3.8, 4) is 17.1 Å². The first-order valence-electron chi connectivity index (χ1n) is 10.7. The number of benzene rings is 2. The lowest BCUT2D eigenvalue weighted by molar-refractivity contribution is -0.124. The van der Waals surface area contributed by atoms with E-state index in [9.17, 15) is 9.59 Å². The van der Waals surface area contributed by atoms with Crippen molar-refractivity contribution in [2.24, 2.45) is 5.92 Å². The van der Waals surface area contributed by atoms with Gasteiger partial charge in [-0.3, -0.25) is 4.79 Å². The fourth-order valence-corrected chi connectivity index (χ4v) is 3.82. The van der Waals surface area contributed by atoms with Gasteiger partial charge in [0.1, 0.15) is 0 Å². The van der Waals surface area contributed by atoms with Gasteiger partial charge in [-0.2, -0.15) is 0 Å². The molecule has 1 fully saturated rings. The molecule has 0 atom stereocenters. The summed E-state index contributed by atoms with van der Waals surface area (Å²) in [7, 11) is 0. The summed E-state index contributed by atoms with van der Waals surface area (Å²) in [5.74, 6) is -0.0577. The molecular weight excluding hydrogens is 392 g/mol. The van der Waals surface area contributed by atoms with Gasteiger partial charge in [-0.1, -0.05) is 67.8 Å². The Morgan fingerprint density at radius 2 is 1.65 bits per heavy atom. The number of ether oxygens (including phenoxy) is 1. The Kier molecular flexibility index (Phi) is 6.72. The molecule has 7 heteroatoms. The Bertz CT molecular complexity index is 955. The maximum Gasteiger partial charge on any atom is 0.378 e. The largest absolute Gasteiger partial charge is 0.450 e. The van der Waals surface area contributed by atoms with Gasteiger partial charge in [-0.05, 0) is 30.9 Å². The van der Waals surface area contributed by atoms with Crippen LogP contribution in [0.15, 0.2) is 60.7 Å². The lowest BCUT2D eigenvalue weighted by atomic mass is 9.89. The van der Waals surface area contributed by atoms with E-state index >= 15 is 0 Å². The maximum absolute atomic E-state index is 12.5. The third-order valence-electron chi connectivity index (χ3n) is 5.47. The highest BCUT2D eigenvalue weighted by Crippen LogP contribution is 2.23. The van der Waals surface area contributed by atoms with E-state index in [4.69, 9.17) is 4.74 Å². The summed E-state index contributed by atoms with van der Waals surface area (Å²) < 4.78 is 6.79. The summed E-state index contributed by atoms with van der Waals surface area (Å²) in [6.07, 6.45) is 5.99. The van der Waals surface area contributed by atoms with Crippen molar-refractivity contribution in [3.05, 3.63) is 66.5 Å². The van der Waals surface area contributed by atoms with Crippen molar-refractivity contribution >= 4 is 11.9 Å². The molecule has 1 heterocycles. The van der Waals surface area contributed by atoms with Crippen LogP contribution in [0.25, 0.3) is 17.1 Å². The molecule has 0 saturated heterocycles. The highest BCUT2D eigenvalue weighted by molar-refractivity contribution is 5.88. The molecule has 0 spiro atoms. The van der Waals surface area contributed by atoms with E-state index in [2.05, 4.69) is 15.4 Å². The van der Waals surface area contributed by atoms with Gasteiger partial charge in [0.15, 0.2) is 12.4 Å². The van der Waals surface area contributed by atoms with Gasteiger partial charge in [0.25, 0.3) is 11.7 Å². The van der Waals surface area contributed by atoms with Gasteiger partial charge in [0, 0.05) is 12.1 Å². The number of nitrogens with one attached hydrogen (secondary N) is 1. The average Bonchev–Trinajstić information content (AvgIpc) is 3.29. The number of hydrogen-bond acceptors (Lipinski definition) is 5. The molecule has 1 amide bonds. The molecule has 1 aliphatic rings. The summed E-state index contributed by atoms with van der Waals surface area (Å²) in [6.45, 7) is 0.293. The second-order valence-corrected chi connectivity index (χ2v) is 7.76. The van der Waals surface area contributed by atoms with E-state index < -0.39 is 5.97 Å². The second-order valence-electron chi connectivity index (χ2n) is 7.76. The van der Waals surface area contributed by atoms with Crippen LogP contribution in [0.1, 0.15) is 42.7 Å². The molecule has 0 bridgehead atoms. The van der Waals surface area contributed by atoms with Crippen molar-refractivity contribution in [1.82, 2.24) is 20.1 Å². The first kappa shape index (κ1) is 20.8. The van der Waals surface area contributed by atoms with Gasteiger partial charge in [0.05, 0.1) is 5.69 Å². The normalized spacial score (nSPS) is 14.2. The molecular formula is C24H26N4O3. The molecule has 1 N–H and O–H groups in total. The average molecular weight is 418 g/mol. The Labute approximate surface area is 181 Å². The topological polar surface area (TPSA) is 86.1 Å². The van der Waals surface area contributed by atoms with Crippen molar-refractivity contribution in [3.63, 3.8) is 0 Å². The van der Waals surface area contributed by atoms with E-state index in [1.807, 2.05) is 60.7 Å². The zero-order valence-electron chi connectivity index (χ0n) is 17.4. The van der Waals surface area contributed by atoms with Crippen LogP contribution in [-0.2, 0) is 9.53 Å². The van der Waals surface area contributed by atoms with Gasteiger partial charge >= 0.3 is 5.97 Å². The summed E-state index contributed by atoms with van der Waals surface area (Å²) >= 11 is 0. The third-order valence-corrected chi connectivity index (χ3v) is 5.47. The first-order valence-corrected chi connectivity index (χ1v) is 10.7. The number of esters is 1. The summed E-state index contributed by atoms with van der Waals surface area (Å²) in [5, 5.41) is 7.22. The summed E-state index contributed by atoms with van der Waals surface area (Å²) in [4.78, 5) is 29.0. The number of carbonyl (C=O) groups excluding carboxylic acids is 2. The van der Waals surface area contributed by atoms with Crippen LogP contribution >= 0.6 is 0 Å². The highest BCUT2D eigenvalue weighted by atomic mass is 16.5. The molecule has 1 aliphatic carbocycles. The van der Waals surface area contributed by atoms with Crippen LogP contribution in [0.2, 0.25) is 0 Å². The smallest absolute Gasteiger partial charge is 0.378 e. The predicted octanol–water partition coefficient (Wildman–Crippen LogP) is 3.79. The van der Waals surface area contributed by atoms with Crippen LogP contribution < -0.4 is 5.32 Å². The number of hydrogen-bond donors (Lipinski definition) is 1. The number of carbonyl (C=O) groups is 2. The Balaban J connectivity index is 1.43. The van der Waals surface area contributed by atoms with Crippen LogP contribution in [0.4, 0.5) is 0 Å². The van der Waals surface area contributed by atoms with E-state index in [0.717, 1.165) is 24.1 Å². The zero-order valence-corrected chi connectivity index (χ0v) is 17.4. The molecule has 1 aromatic heterocycles. The van der Waals surface area contributed by atoms with Crippen LogP contribution in [0.5, 0.6) is 0 Å². The van der Waals surface area contributed by atoms with Gasteiger partial charge in [-0.25, -0.2) is 14.5 Å². The molecule has 2 aromatic carbocycles. The zero-order chi connectivity index (χ0) is 21.5. The quantitative estimate of drug-likeness (QED) is 0.590. The summed E-state index contributed by atoms with van der Waals surface area (Å²) in [5.41, 5.74) is 1.60. The third kappa shape index (κ3) is 5.36. The van der Waals surface area contributed by atoms with Gasteiger partial charge in [0.2, 0.25) is 0 Å². The fourth-order valence-electron chi connectivity index (χ4n) is 3.82. The summed E-state index contributed by atoms with van der Waals surface area (Å²) in [6, 6.07) is 19.0. The fraction of sp³-hybridized carbons (Fsp3) is 0.333. The molecule has 0 unspecified atom stereocenters. The van der Waals surface area contributed by atoms with E-state index in [1.54, 1.807) is 4.68 Å². The van der Waals surface area contributed by atoms with Crippen LogP contribution in [0.3, 0.4) is 0 Å². The predicted molar refractivity (Wildman–Crippen MR) is 117 cm³/mol. The number of aromatic nitrogens is 3. The molecule has 7 nitrogen and oxygen atoms in total. The molecule has 31 heavy (non-hydrogen) atoms. The standard InChI is InChI=1S/C24H26N4O3/c29-21(25-16-18-10-4-1-5-11-18)17-31-24(30)22-26-23(19-12-6-2-7-13-19)28(27-22)20-14-8-3-9-15-20/h2-3,6-9,12-15,18H,1,4-5,10-11,16-17H2,(H,25,29). The molecule has 0 aliphatic heterocycles. The van der Waals surface area contributed by atoms with E-state index in [1.165, 1.54) is 19.3 Å². The first-order chi connectivity index (χ1) is 15.2. The van der Waals surface area contributed by atoms with E-state index in [0.29, 0.717) is 18.3 Å². The number of amides is 1. The van der Waals surface area contributed by atoms with Crippen LogP contribution in [-0.4, -0.2) is 39.8 Å². The minimum atomic E-state index is -0.723. The van der Waals surface area contributed by atoms with Crippen molar-refractivity contribution in [2.75, 3.05) is 13.2 Å². The highest BCUT2D eigenvalue weighted by Gasteiger charge is 2.21. The lowest BCUT2D eigenvalue weighted by Gasteiger charge is -2.21. The Hall–Kier alpha value is -3.48. The van der Waals surface area contributed by atoms with Crippen LogP contribution in [0, 0.1) is 5.92 Å². The molecule has 4 rings (SSSR count).